The van der Waals surface area contributed by atoms with Crippen molar-refractivity contribution in [2.24, 2.45) is 11.8 Å². The zero-order valence-corrected chi connectivity index (χ0v) is 14.1. The first-order valence-corrected chi connectivity index (χ1v) is 9.43. The van der Waals surface area contributed by atoms with Crippen LogP contribution in [0.1, 0.15) is 38.9 Å². The summed E-state index contributed by atoms with van der Waals surface area (Å²) in [6, 6.07) is 0. The Morgan fingerprint density at radius 2 is 2.18 bits per heavy atom. The van der Waals surface area contributed by atoms with Crippen molar-refractivity contribution in [3.8, 4) is 0 Å². The van der Waals surface area contributed by atoms with E-state index in [4.69, 9.17) is 4.52 Å². The lowest BCUT2D eigenvalue weighted by Gasteiger charge is -2.22. The summed E-state index contributed by atoms with van der Waals surface area (Å²) in [5.74, 6) is 0.921. The molecule has 1 aliphatic heterocycles. The fourth-order valence-electron chi connectivity index (χ4n) is 2.55. The summed E-state index contributed by atoms with van der Waals surface area (Å²) >= 11 is 0. The Morgan fingerprint density at radius 1 is 1.45 bits per heavy atom. The van der Waals surface area contributed by atoms with Gasteiger partial charge in [-0.3, -0.25) is 4.79 Å². The van der Waals surface area contributed by atoms with Gasteiger partial charge in [-0.25, -0.2) is 8.42 Å². The topological polar surface area (TPSA) is 93.4 Å². The van der Waals surface area contributed by atoms with Crippen molar-refractivity contribution in [3.05, 3.63) is 11.7 Å². The Bertz CT molecular complexity index is 624. The minimum absolute atomic E-state index is 0.0484. The lowest BCUT2D eigenvalue weighted by molar-refractivity contribution is -0.135. The molecule has 0 saturated carbocycles. The summed E-state index contributed by atoms with van der Waals surface area (Å²) in [5.41, 5.74) is 0. The van der Waals surface area contributed by atoms with Crippen LogP contribution in [0, 0.1) is 11.8 Å². The summed E-state index contributed by atoms with van der Waals surface area (Å²) in [6.45, 7) is 6.73. The highest BCUT2D eigenvalue weighted by molar-refractivity contribution is 7.91. The van der Waals surface area contributed by atoms with E-state index in [1.807, 2.05) is 6.92 Å². The average molecular weight is 329 g/mol. The van der Waals surface area contributed by atoms with E-state index in [9.17, 15) is 13.2 Å². The van der Waals surface area contributed by atoms with E-state index in [1.165, 1.54) is 0 Å². The predicted octanol–water partition coefficient (Wildman–Crippen LogP) is 1.05. The van der Waals surface area contributed by atoms with Crippen LogP contribution in [0.4, 0.5) is 0 Å². The monoisotopic (exact) mass is 329 g/mol. The molecule has 0 N–H and O–H groups in total. The number of carbonyl (C=O) groups is 1. The molecule has 1 amide bonds. The number of hydrogen-bond acceptors (Lipinski definition) is 6. The number of nitrogens with zero attached hydrogens (tertiary/aromatic N) is 3. The summed E-state index contributed by atoms with van der Waals surface area (Å²) in [5, 5.41) is 3.90. The molecule has 124 valence electrons. The van der Waals surface area contributed by atoms with Crippen LogP contribution in [0.25, 0.3) is 0 Å². The van der Waals surface area contributed by atoms with E-state index in [-0.39, 0.29) is 24.0 Å². The van der Waals surface area contributed by atoms with Gasteiger partial charge in [0, 0.05) is 13.0 Å². The van der Waals surface area contributed by atoms with Gasteiger partial charge >= 0.3 is 0 Å². The molecule has 1 atom stereocenters. The van der Waals surface area contributed by atoms with Gasteiger partial charge in [-0.2, -0.15) is 4.98 Å². The molecule has 0 aliphatic carbocycles. The molecular formula is C14H23N3O4S. The van der Waals surface area contributed by atoms with E-state index in [0.29, 0.717) is 37.0 Å². The van der Waals surface area contributed by atoms with E-state index in [0.717, 1.165) is 0 Å². The van der Waals surface area contributed by atoms with Crippen LogP contribution in [0.3, 0.4) is 0 Å². The third-order valence-electron chi connectivity index (χ3n) is 3.70. The van der Waals surface area contributed by atoms with Crippen LogP contribution in [0.2, 0.25) is 0 Å². The highest BCUT2D eigenvalue weighted by atomic mass is 32.2. The zero-order valence-electron chi connectivity index (χ0n) is 13.3. The molecule has 1 aliphatic rings. The minimum atomic E-state index is -3.06. The fourth-order valence-corrected chi connectivity index (χ4v) is 4.28. The molecule has 1 fully saturated rings. The molecule has 8 heteroatoms. The first-order valence-electron chi connectivity index (χ1n) is 7.61. The van der Waals surface area contributed by atoms with Gasteiger partial charge in [-0.15, -0.1) is 0 Å². The number of carbonyl (C=O) groups excluding carboxylic acids is 1. The number of amides is 1. The van der Waals surface area contributed by atoms with Crippen LogP contribution < -0.4 is 0 Å². The molecule has 22 heavy (non-hydrogen) atoms. The Hall–Kier alpha value is -1.44. The molecule has 1 aromatic rings. The van der Waals surface area contributed by atoms with Crippen LogP contribution in [-0.2, 0) is 27.6 Å². The molecule has 2 rings (SSSR count). The average Bonchev–Trinajstić information content (AvgIpc) is 3.01. The summed E-state index contributed by atoms with van der Waals surface area (Å²) < 4.78 is 28.2. The van der Waals surface area contributed by atoms with Gasteiger partial charge in [-0.1, -0.05) is 19.0 Å². The molecule has 1 saturated heterocycles. The maximum atomic E-state index is 12.4. The number of sulfone groups is 1. The molecule has 0 bridgehead atoms. The molecule has 1 aromatic heterocycles. The van der Waals surface area contributed by atoms with Gasteiger partial charge in [0.1, 0.15) is 0 Å². The predicted molar refractivity (Wildman–Crippen MR) is 80.7 cm³/mol. The van der Waals surface area contributed by atoms with Gasteiger partial charge < -0.3 is 9.42 Å². The van der Waals surface area contributed by atoms with Crippen molar-refractivity contribution in [2.75, 3.05) is 18.1 Å². The normalized spacial score (nSPS) is 20.5. The highest BCUT2D eigenvalue weighted by Gasteiger charge is 2.35. The lowest BCUT2D eigenvalue weighted by atomic mass is 10.1. The second-order valence-corrected chi connectivity index (χ2v) is 8.38. The maximum Gasteiger partial charge on any atom is 0.227 e. The van der Waals surface area contributed by atoms with E-state index in [2.05, 4.69) is 24.0 Å². The van der Waals surface area contributed by atoms with Crippen molar-refractivity contribution in [1.82, 2.24) is 15.0 Å². The molecular weight excluding hydrogens is 306 g/mol. The minimum Gasteiger partial charge on any atom is -0.339 e. The van der Waals surface area contributed by atoms with Crippen LogP contribution in [0.15, 0.2) is 4.52 Å². The van der Waals surface area contributed by atoms with Crippen molar-refractivity contribution in [1.29, 1.82) is 0 Å². The van der Waals surface area contributed by atoms with Gasteiger partial charge in [-0.05, 0) is 19.3 Å². The maximum absolute atomic E-state index is 12.4. The fraction of sp³-hybridized carbons (Fsp3) is 0.786. The molecule has 0 aromatic carbocycles. The summed E-state index contributed by atoms with van der Waals surface area (Å²) in [7, 11) is -3.06. The van der Waals surface area contributed by atoms with E-state index >= 15 is 0 Å². The van der Waals surface area contributed by atoms with Gasteiger partial charge in [0.25, 0.3) is 0 Å². The molecule has 1 unspecified atom stereocenters. The van der Waals surface area contributed by atoms with E-state index < -0.39 is 15.8 Å². The zero-order chi connectivity index (χ0) is 16.3. The Kier molecular flexibility index (Phi) is 5.20. The standard InChI is InChI=1S/C14H23N3O4S/c1-4-17(14(18)11-5-6-22(19,20)9-11)8-12-15-13(21-16-12)7-10(2)3/h10-11H,4-9H2,1-3H3. The third-order valence-corrected chi connectivity index (χ3v) is 5.47. The SMILES string of the molecule is CCN(Cc1noc(CC(C)C)n1)C(=O)C1CCS(=O)(=O)C1. The molecule has 2 heterocycles. The summed E-state index contributed by atoms with van der Waals surface area (Å²) in [4.78, 5) is 18.3. The Labute approximate surface area is 131 Å². The Balaban J connectivity index is 2.00. The van der Waals surface area contributed by atoms with Crippen LogP contribution in [-0.4, -0.2) is 47.4 Å². The van der Waals surface area contributed by atoms with Gasteiger partial charge in [0.05, 0.1) is 24.0 Å². The van der Waals surface area contributed by atoms with Gasteiger partial charge in [0.2, 0.25) is 11.8 Å². The van der Waals surface area contributed by atoms with Crippen molar-refractivity contribution < 1.29 is 17.7 Å². The molecule has 7 nitrogen and oxygen atoms in total. The molecule has 0 radical (unpaired) electrons. The summed E-state index contributed by atoms with van der Waals surface area (Å²) in [6.07, 6.45) is 1.11. The first kappa shape index (κ1) is 16.9. The second-order valence-electron chi connectivity index (χ2n) is 6.15. The second kappa shape index (κ2) is 6.76. The molecule has 0 spiro atoms. The van der Waals surface area contributed by atoms with Gasteiger partial charge in [0.15, 0.2) is 15.7 Å². The smallest absolute Gasteiger partial charge is 0.227 e. The van der Waals surface area contributed by atoms with Crippen molar-refractivity contribution in [2.45, 2.75) is 40.2 Å². The van der Waals surface area contributed by atoms with Crippen LogP contribution in [0.5, 0.6) is 0 Å². The third kappa shape index (κ3) is 4.28. The lowest BCUT2D eigenvalue weighted by Crippen LogP contribution is -2.36. The number of aromatic nitrogens is 2. The number of hydrogen-bond donors (Lipinski definition) is 0. The van der Waals surface area contributed by atoms with Crippen molar-refractivity contribution in [3.63, 3.8) is 0 Å². The van der Waals surface area contributed by atoms with Crippen LogP contribution >= 0.6 is 0 Å². The number of rotatable bonds is 6. The highest BCUT2D eigenvalue weighted by Crippen LogP contribution is 2.21. The largest absolute Gasteiger partial charge is 0.339 e. The quantitative estimate of drug-likeness (QED) is 0.774. The Morgan fingerprint density at radius 3 is 2.73 bits per heavy atom. The van der Waals surface area contributed by atoms with E-state index in [1.54, 1.807) is 4.90 Å². The van der Waals surface area contributed by atoms with Crippen molar-refractivity contribution >= 4 is 15.7 Å². The first-order chi connectivity index (χ1) is 10.3.